The highest BCUT2D eigenvalue weighted by Crippen LogP contribution is 2.24. The Morgan fingerprint density at radius 1 is 1.21 bits per heavy atom. The van der Waals surface area contributed by atoms with Crippen molar-refractivity contribution in [1.82, 2.24) is 14.6 Å². The van der Waals surface area contributed by atoms with Gasteiger partial charge in [0.05, 0.1) is 11.1 Å². The number of nitrogens with zero attached hydrogens (tertiary/aromatic N) is 3. The summed E-state index contributed by atoms with van der Waals surface area (Å²) in [6, 6.07) is 12.1. The van der Waals surface area contributed by atoms with Crippen molar-refractivity contribution in [1.29, 1.82) is 5.41 Å². The second-order valence-electron chi connectivity index (χ2n) is 7.12. The molecule has 0 atom stereocenters. The van der Waals surface area contributed by atoms with Crippen molar-refractivity contribution in [3.05, 3.63) is 88.8 Å². The maximum Gasteiger partial charge on any atom is 0.267 e. The number of fused-ring (bicyclic) bond motifs is 1. The van der Waals surface area contributed by atoms with E-state index in [2.05, 4.69) is 27.3 Å². The van der Waals surface area contributed by atoms with Gasteiger partial charge in [0.15, 0.2) is 11.5 Å². The number of ether oxygens (including phenoxy) is 1. The third kappa shape index (κ3) is 5.25. The molecule has 0 saturated carbocycles. The van der Waals surface area contributed by atoms with Gasteiger partial charge in [-0.25, -0.2) is 9.50 Å². The van der Waals surface area contributed by atoms with Crippen LogP contribution in [0.2, 0.25) is 0 Å². The van der Waals surface area contributed by atoms with Crippen LogP contribution in [0.15, 0.2) is 78.3 Å². The van der Waals surface area contributed by atoms with E-state index in [0.29, 0.717) is 33.7 Å². The lowest BCUT2D eigenvalue weighted by molar-refractivity contribution is -0.112. The van der Waals surface area contributed by atoms with Gasteiger partial charge in [0, 0.05) is 29.6 Å². The highest BCUT2D eigenvalue weighted by atomic mass is 32.1. The third-order valence-corrected chi connectivity index (χ3v) is 5.62. The minimum Gasteiger partial charge on any atom is -0.438 e. The Bertz CT molecular complexity index is 1440. The van der Waals surface area contributed by atoms with E-state index >= 15 is 0 Å². The topological polar surface area (TPSA) is 121 Å². The number of benzene rings is 1. The van der Waals surface area contributed by atoms with Crippen molar-refractivity contribution < 1.29 is 14.3 Å². The second kappa shape index (κ2) is 9.92. The van der Waals surface area contributed by atoms with Crippen LogP contribution in [0.1, 0.15) is 15.2 Å². The van der Waals surface area contributed by atoms with Crippen molar-refractivity contribution >= 4 is 46.5 Å². The van der Waals surface area contributed by atoms with Crippen LogP contribution in [0, 0.1) is 12.3 Å². The number of carbonyl (C=O) groups excluding carboxylic acids is 2. The van der Waals surface area contributed by atoms with Crippen LogP contribution in [0.3, 0.4) is 0 Å². The molecule has 0 aliphatic heterocycles. The van der Waals surface area contributed by atoms with Crippen LogP contribution in [-0.2, 0) is 4.79 Å². The first-order valence-electron chi connectivity index (χ1n) is 10.1. The molecule has 3 heterocycles. The van der Waals surface area contributed by atoms with Gasteiger partial charge in [-0.3, -0.25) is 9.59 Å². The Morgan fingerprint density at radius 2 is 2.06 bits per heavy atom. The maximum atomic E-state index is 12.4. The fourth-order valence-corrected chi connectivity index (χ4v) is 3.79. The molecule has 4 aromatic rings. The summed E-state index contributed by atoms with van der Waals surface area (Å²) in [7, 11) is 0. The molecule has 2 amide bonds. The minimum atomic E-state index is -0.388. The van der Waals surface area contributed by atoms with Crippen LogP contribution in [0.4, 0.5) is 11.5 Å². The van der Waals surface area contributed by atoms with Gasteiger partial charge >= 0.3 is 0 Å². The maximum absolute atomic E-state index is 12.4. The first kappa shape index (κ1) is 22.6. The van der Waals surface area contributed by atoms with E-state index in [-0.39, 0.29) is 17.4 Å². The van der Waals surface area contributed by atoms with Crippen LogP contribution in [0.5, 0.6) is 11.6 Å². The van der Waals surface area contributed by atoms with E-state index in [1.54, 1.807) is 42.6 Å². The van der Waals surface area contributed by atoms with Gasteiger partial charge in [-0.2, -0.15) is 0 Å². The smallest absolute Gasteiger partial charge is 0.267 e. The number of imidazole rings is 1. The van der Waals surface area contributed by atoms with Gasteiger partial charge in [-0.1, -0.05) is 12.6 Å². The molecule has 0 bridgehead atoms. The van der Waals surface area contributed by atoms with E-state index in [4.69, 9.17) is 10.1 Å². The summed E-state index contributed by atoms with van der Waals surface area (Å²) in [5, 5.41) is 18.7. The lowest BCUT2D eigenvalue weighted by Gasteiger charge is -2.08. The predicted molar refractivity (Wildman–Crippen MR) is 132 cm³/mol. The monoisotopic (exact) mass is 472 g/mol. The molecule has 0 saturated heterocycles. The third-order valence-electron chi connectivity index (χ3n) is 4.61. The zero-order valence-corrected chi connectivity index (χ0v) is 18.9. The SMILES string of the molecule is C=C(/C=C\C=N)C(=O)Nc1cccc(Oc2ccc3nc(NC(=O)c4sccc4C)cn3n2)c1. The van der Waals surface area contributed by atoms with Gasteiger partial charge in [0.25, 0.3) is 11.8 Å². The largest absolute Gasteiger partial charge is 0.438 e. The molecule has 10 heteroatoms. The molecule has 34 heavy (non-hydrogen) atoms. The van der Waals surface area contributed by atoms with Crippen molar-refractivity contribution in [2.24, 2.45) is 0 Å². The van der Waals surface area contributed by atoms with Gasteiger partial charge in [-0.15, -0.1) is 16.4 Å². The van der Waals surface area contributed by atoms with Gasteiger partial charge in [-0.05, 0) is 54.3 Å². The van der Waals surface area contributed by atoms with Gasteiger partial charge in [0.2, 0.25) is 5.88 Å². The zero-order valence-electron chi connectivity index (χ0n) is 18.1. The molecule has 9 nitrogen and oxygen atoms in total. The number of anilines is 2. The number of nitrogens with one attached hydrogen (secondary N) is 3. The summed E-state index contributed by atoms with van der Waals surface area (Å²) in [5.74, 6) is 0.540. The Hall–Kier alpha value is -4.57. The Labute approximate surface area is 198 Å². The summed E-state index contributed by atoms with van der Waals surface area (Å²) in [4.78, 5) is 29.6. The number of hydrogen-bond donors (Lipinski definition) is 3. The standard InChI is InChI=1S/C24H20N6O3S/c1-15-10-12-34-22(15)24(32)28-19-14-30-20(27-19)8-9-21(29-30)33-18-7-3-6-17(13-18)26-23(31)16(2)5-4-11-25/h3-14,25H,2H2,1H3,(H,26,31)(H,28,32)/b5-4-,25-11?. The van der Waals surface area contributed by atoms with Gasteiger partial charge < -0.3 is 20.8 Å². The lowest BCUT2D eigenvalue weighted by Crippen LogP contribution is -2.12. The van der Waals surface area contributed by atoms with E-state index in [1.807, 2.05) is 18.4 Å². The predicted octanol–water partition coefficient (Wildman–Crippen LogP) is 4.84. The summed E-state index contributed by atoms with van der Waals surface area (Å²) < 4.78 is 7.35. The van der Waals surface area contributed by atoms with E-state index in [9.17, 15) is 9.59 Å². The van der Waals surface area contributed by atoms with Crippen LogP contribution in [-0.4, -0.2) is 32.6 Å². The molecule has 0 aliphatic carbocycles. The fraction of sp³-hybridized carbons (Fsp3) is 0.0417. The van der Waals surface area contributed by atoms with Gasteiger partial charge in [0.1, 0.15) is 5.75 Å². The number of hydrogen-bond acceptors (Lipinski definition) is 7. The van der Waals surface area contributed by atoms with E-state index < -0.39 is 0 Å². The normalized spacial score (nSPS) is 10.9. The van der Waals surface area contributed by atoms with Crippen molar-refractivity contribution in [3.63, 3.8) is 0 Å². The lowest BCUT2D eigenvalue weighted by atomic mass is 10.2. The molecule has 0 radical (unpaired) electrons. The Morgan fingerprint density at radius 3 is 2.82 bits per heavy atom. The fourth-order valence-electron chi connectivity index (χ4n) is 2.97. The van der Waals surface area contributed by atoms with E-state index in [0.717, 1.165) is 11.8 Å². The van der Waals surface area contributed by atoms with E-state index in [1.165, 1.54) is 28.0 Å². The highest BCUT2D eigenvalue weighted by molar-refractivity contribution is 7.12. The van der Waals surface area contributed by atoms with Crippen LogP contribution >= 0.6 is 11.3 Å². The van der Waals surface area contributed by atoms with Crippen molar-refractivity contribution in [2.45, 2.75) is 6.92 Å². The summed E-state index contributed by atoms with van der Waals surface area (Å²) in [6.07, 6.45) is 5.54. The molecule has 170 valence electrons. The molecular weight excluding hydrogens is 452 g/mol. The molecule has 0 aliphatic rings. The molecule has 3 N–H and O–H groups in total. The van der Waals surface area contributed by atoms with Crippen molar-refractivity contribution in [2.75, 3.05) is 10.6 Å². The van der Waals surface area contributed by atoms with Crippen LogP contribution < -0.4 is 15.4 Å². The first-order chi connectivity index (χ1) is 16.4. The number of rotatable bonds is 8. The summed E-state index contributed by atoms with van der Waals surface area (Å²) in [5.41, 5.74) is 2.19. The molecule has 1 aromatic carbocycles. The zero-order chi connectivity index (χ0) is 24.1. The highest BCUT2D eigenvalue weighted by Gasteiger charge is 2.13. The number of aromatic nitrogens is 3. The number of thiophene rings is 1. The Kier molecular flexibility index (Phi) is 6.60. The quantitative estimate of drug-likeness (QED) is 0.192. The summed E-state index contributed by atoms with van der Waals surface area (Å²) >= 11 is 1.37. The van der Waals surface area contributed by atoms with Crippen LogP contribution in [0.25, 0.3) is 5.65 Å². The average Bonchev–Trinajstić information content (AvgIpc) is 3.42. The first-order valence-corrected chi connectivity index (χ1v) is 11.0. The molecule has 0 unspecified atom stereocenters. The van der Waals surface area contributed by atoms with Crippen molar-refractivity contribution in [3.8, 4) is 11.6 Å². The molecule has 3 aromatic heterocycles. The molecule has 4 rings (SSSR count). The molecular formula is C24H20N6O3S. The number of allylic oxidation sites excluding steroid dienone is 1. The average molecular weight is 473 g/mol. The number of amides is 2. The minimum absolute atomic E-state index is 0.220. The summed E-state index contributed by atoms with van der Waals surface area (Å²) in [6.45, 7) is 5.55. The second-order valence-corrected chi connectivity index (χ2v) is 8.04. The Balaban J connectivity index is 1.46. The molecule has 0 fully saturated rings. The number of aryl methyl sites for hydroxylation is 1. The number of carbonyl (C=O) groups is 2. The molecule has 0 spiro atoms.